The van der Waals surface area contributed by atoms with Gasteiger partial charge in [-0.1, -0.05) is 0 Å². The summed E-state index contributed by atoms with van der Waals surface area (Å²) in [4.78, 5) is 8.05. The van der Waals surface area contributed by atoms with Crippen LogP contribution in [0.5, 0.6) is 0 Å². The van der Waals surface area contributed by atoms with Gasteiger partial charge in [0.1, 0.15) is 6.04 Å². The predicted molar refractivity (Wildman–Crippen MR) is 83.0 cm³/mol. The molecule has 1 rings (SSSR count). The van der Waals surface area contributed by atoms with Crippen LogP contribution in [0.1, 0.15) is 13.8 Å². The molecule has 1 aliphatic rings. The van der Waals surface area contributed by atoms with E-state index in [1.807, 2.05) is 18.1 Å². The van der Waals surface area contributed by atoms with Crippen LogP contribution < -0.4 is 5.32 Å². The third kappa shape index (κ3) is 5.94. The molecule has 1 saturated heterocycles. The summed E-state index contributed by atoms with van der Waals surface area (Å²) in [5.74, 6) is 1.76. The van der Waals surface area contributed by atoms with Gasteiger partial charge in [0.15, 0.2) is 5.96 Å². The van der Waals surface area contributed by atoms with Gasteiger partial charge in [0.05, 0.1) is 6.54 Å². The van der Waals surface area contributed by atoms with Crippen molar-refractivity contribution >= 4 is 17.7 Å². The lowest BCUT2D eigenvalue weighted by Crippen LogP contribution is -2.56. The van der Waals surface area contributed by atoms with E-state index in [4.69, 9.17) is 0 Å². The minimum atomic E-state index is -4.15. The summed E-state index contributed by atoms with van der Waals surface area (Å²) in [6.07, 6.45) is -2.13. The summed E-state index contributed by atoms with van der Waals surface area (Å²) in [5, 5.41) is 3.21. The highest BCUT2D eigenvalue weighted by Gasteiger charge is 2.40. The van der Waals surface area contributed by atoms with Gasteiger partial charge in [-0.3, -0.25) is 9.89 Å². The lowest BCUT2D eigenvalue weighted by molar-refractivity contribution is -0.181. The second kappa shape index (κ2) is 8.73. The molecule has 0 aromatic rings. The molecule has 4 nitrogen and oxygen atoms in total. The molecule has 8 heteroatoms. The molecule has 21 heavy (non-hydrogen) atoms. The Bertz CT molecular complexity index is 328. The van der Waals surface area contributed by atoms with Crippen molar-refractivity contribution in [2.45, 2.75) is 26.1 Å². The van der Waals surface area contributed by atoms with Crippen LogP contribution in [0.25, 0.3) is 0 Å². The third-order valence-corrected chi connectivity index (χ3v) is 4.12. The Morgan fingerprint density at radius 3 is 2.38 bits per heavy atom. The first-order chi connectivity index (χ1) is 9.90. The molecule has 1 aliphatic heterocycles. The molecule has 0 bridgehead atoms. The van der Waals surface area contributed by atoms with E-state index in [-0.39, 0.29) is 0 Å². The molecule has 0 aromatic heterocycles. The molecule has 1 heterocycles. The number of guanidine groups is 1. The highest BCUT2D eigenvalue weighted by molar-refractivity contribution is 7.98. The fourth-order valence-electron chi connectivity index (χ4n) is 2.20. The Morgan fingerprint density at radius 2 is 1.90 bits per heavy atom. The van der Waals surface area contributed by atoms with E-state index in [1.165, 1.54) is 11.8 Å². The number of rotatable bonds is 5. The van der Waals surface area contributed by atoms with Gasteiger partial charge >= 0.3 is 6.18 Å². The maximum Gasteiger partial charge on any atom is 0.403 e. The first-order valence-electron chi connectivity index (χ1n) is 7.23. The van der Waals surface area contributed by atoms with Gasteiger partial charge in [-0.2, -0.15) is 24.9 Å². The van der Waals surface area contributed by atoms with Crippen molar-refractivity contribution in [3.05, 3.63) is 0 Å². The molecule has 0 saturated carbocycles. The van der Waals surface area contributed by atoms with E-state index < -0.39 is 12.2 Å². The third-order valence-electron chi connectivity index (χ3n) is 3.53. The average Bonchev–Trinajstić information content (AvgIpc) is 2.45. The van der Waals surface area contributed by atoms with Crippen LogP contribution in [-0.2, 0) is 0 Å². The summed E-state index contributed by atoms with van der Waals surface area (Å²) < 4.78 is 38.2. The van der Waals surface area contributed by atoms with Crippen LogP contribution in [-0.4, -0.2) is 79.3 Å². The van der Waals surface area contributed by atoms with Crippen LogP contribution in [0.15, 0.2) is 4.99 Å². The molecular formula is C13H25F3N4S. The maximum absolute atomic E-state index is 12.7. The van der Waals surface area contributed by atoms with E-state index in [9.17, 15) is 13.2 Å². The first-order valence-corrected chi connectivity index (χ1v) is 8.62. The van der Waals surface area contributed by atoms with Crippen LogP contribution in [0.3, 0.4) is 0 Å². The van der Waals surface area contributed by atoms with Gasteiger partial charge in [0, 0.05) is 38.5 Å². The molecule has 1 atom stereocenters. The molecule has 1 fully saturated rings. The lowest BCUT2D eigenvalue weighted by Gasteiger charge is -2.39. The second-order valence-electron chi connectivity index (χ2n) is 4.97. The SMILES string of the molecule is CCNC(=NCCSC)N1CCN(C(C)C(F)(F)F)CC1. The average molecular weight is 326 g/mol. The zero-order valence-electron chi connectivity index (χ0n) is 12.9. The number of thioether (sulfide) groups is 1. The van der Waals surface area contributed by atoms with Gasteiger partial charge in [0.25, 0.3) is 0 Å². The Balaban J connectivity index is 2.54. The monoisotopic (exact) mass is 326 g/mol. The predicted octanol–water partition coefficient (Wildman–Crippen LogP) is 1.88. The number of alkyl halides is 3. The molecule has 124 valence electrons. The highest BCUT2D eigenvalue weighted by Crippen LogP contribution is 2.25. The van der Waals surface area contributed by atoms with Gasteiger partial charge in [0.2, 0.25) is 0 Å². The van der Waals surface area contributed by atoms with Gasteiger partial charge < -0.3 is 10.2 Å². The Hall–Kier alpha value is -0.630. The zero-order valence-corrected chi connectivity index (χ0v) is 13.7. The van der Waals surface area contributed by atoms with E-state index >= 15 is 0 Å². The summed E-state index contributed by atoms with van der Waals surface area (Å²) in [5.41, 5.74) is 0. The summed E-state index contributed by atoms with van der Waals surface area (Å²) >= 11 is 1.73. The van der Waals surface area contributed by atoms with Gasteiger partial charge in [-0.05, 0) is 20.1 Å². The summed E-state index contributed by atoms with van der Waals surface area (Å²) in [7, 11) is 0. The van der Waals surface area contributed by atoms with Crippen LogP contribution >= 0.6 is 11.8 Å². The number of nitrogens with one attached hydrogen (secondary N) is 1. The van der Waals surface area contributed by atoms with E-state index in [2.05, 4.69) is 10.3 Å². The normalized spacial score (nSPS) is 19.7. The molecule has 1 unspecified atom stereocenters. The molecule has 0 spiro atoms. The fraction of sp³-hybridized carbons (Fsp3) is 0.923. The minimum absolute atomic E-state index is 0.410. The first kappa shape index (κ1) is 18.4. The molecule has 1 N–H and O–H groups in total. The molecular weight excluding hydrogens is 301 g/mol. The Morgan fingerprint density at radius 1 is 1.29 bits per heavy atom. The smallest absolute Gasteiger partial charge is 0.357 e. The van der Waals surface area contributed by atoms with Crippen molar-refractivity contribution in [2.24, 2.45) is 4.99 Å². The Kier molecular flexibility index (Phi) is 7.65. The topological polar surface area (TPSA) is 30.9 Å². The van der Waals surface area contributed by atoms with Crippen LogP contribution in [0.4, 0.5) is 13.2 Å². The Labute approximate surface area is 129 Å². The zero-order chi connectivity index (χ0) is 15.9. The maximum atomic E-state index is 12.7. The van der Waals surface area contributed by atoms with Gasteiger partial charge in [-0.15, -0.1) is 0 Å². The molecule has 0 aromatic carbocycles. The highest BCUT2D eigenvalue weighted by atomic mass is 32.2. The number of halogens is 3. The van der Waals surface area contributed by atoms with E-state index in [1.54, 1.807) is 11.8 Å². The van der Waals surface area contributed by atoms with Crippen molar-refractivity contribution in [1.82, 2.24) is 15.1 Å². The molecule has 0 radical (unpaired) electrons. The van der Waals surface area contributed by atoms with Crippen molar-refractivity contribution in [3.8, 4) is 0 Å². The summed E-state index contributed by atoms with van der Waals surface area (Å²) in [6, 6.07) is -1.38. The van der Waals surface area contributed by atoms with E-state index in [0.717, 1.165) is 24.8 Å². The van der Waals surface area contributed by atoms with Crippen LogP contribution in [0.2, 0.25) is 0 Å². The minimum Gasteiger partial charge on any atom is -0.357 e. The van der Waals surface area contributed by atoms with E-state index in [0.29, 0.717) is 26.2 Å². The lowest BCUT2D eigenvalue weighted by atomic mass is 10.2. The number of hydrogen-bond acceptors (Lipinski definition) is 3. The van der Waals surface area contributed by atoms with Crippen molar-refractivity contribution < 1.29 is 13.2 Å². The number of piperazine rings is 1. The second-order valence-corrected chi connectivity index (χ2v) is 5.95. The quantitative estimate of drug-likeness (QED) is 0.475. The summed E-state index contributed by atoms with van der Waals surface area (Å²) in [6.45, 7) is 6.68. The number of hydrogen-bond donors (Lipinski definition) is 1. The van der Waals surface area contributed by atoms with Gasteiger partial charge in [-0.25, -0.2) is 0 Å². The van der Waals surface area contributed by atoms with Crippen molar-refractivity contribution in [1.29, 1.82) is 0 Å². The number of nitrogens with zero attached hydrogens (tertiary/aromatic N) is 3. The van der Waals surface area contributed by atoms with Crippen molar-refractivity contribution in [3.63, 3.8) is 0 Å². The molecule has 0 aliphatic carbocycles. The largest absolute Gasteiger partial charge is 0.403 e. The standard InChI is InChI=1S/C13H25F3N4S/c1-4-17-12(18-5-10-21-3)20-8-6-19(7-9-20)11(2)13(14,15)16/h11H,4-10H2,1-3H3,(H,17,18). The van der Waals surface area contributed by atoms with Crippen LogP contribution in [0, 0.1) is 0 Å². The fourth-order valence-corrected chi connectivity index (χ4v) is 2.47. The van der Waals surface area contributed by atoms with Crippen molar-refractivity contribution in [2.75, 3.05) is 51.3 Å². The number of aliphatic imine (C=N–C) groups is 1. The molecule has 0 amide bonds.